The summed E-state index contributed by atoms with van der Waals surface area (Å²) in [5.41, 5.74) is -0.439. The molecule has 1 rings (SSSR count). The first-order valence-corrected chi connectivity index (χ1v) is 8.01. The van der Waals surface area contributed by atoms with Gasteiger partial charge in [0.2, 0.25) is 0 Å². The first-order valence-electron chi connectivity index (χ1n) is 8.01. The third kappa shape index (κ3) is 8.94. The van der Waals surface area contributed by atoms with E-state index in [1.807, 2.05) is 20.8 Å². The highest BCUT2D eigenvalue weighted by atomic mass is 16.6. The van der Waals surface area contributed by atoms with E-state index < -0.39 is 5.60 Å². The lowest BCUT2D eigenvalue weighted by atomic mass is 10.1. The van der Waals surface area contributed by atoms with Crippen molar-refractivity contribution < 1.29 is 14.3 Å². The van der Waals surface area contributed by atoms with Crippen molar-refractivity contribution in [1.82, 2.24) is 10.6 Å². The highest BCUT2D eigenvalue weighted by molar-refractivity contribution is 5.67. The van der Waals surface area contributed by atoms with Crippen LogP contribution < -0.4 is 10.6 Å². The lowest BCUT2D eigenvalue weighted by Gasteiger charge is -2.20. The van der Waals surface area contributed by atoms with E-state index in [1.54, 1.807) is 7.11 Å². The highest BCUT2D eigenvalue weighted by Crippen LogP contribution is 2.36. The third-order valence-electron chi connectivity index (χ3n) is 3.71. The van der Waals surface area contributed by atoms with Crippen LogP contribution in [0, 0.1) is 11.8 Å². The van der Waals surface area contributed by atoms with Crippen molar-refractivity contribution in [3.05, 3.63) is 0 Å². The number of nitrogens with one attached hydrogen (secondary N) is 2. The summed E-state index contributed by atoms with van der Waals surface area (Å²) < 4.78 is 10.5. The van der Waals surface area contributed by atoms with Gasteiger partial charge in [-0.3, -0.25) is 0 Å². The minimum absolute atomic E-state index is 0.342. The van der Waals surface area contributed by atoms with E-state index in [9.17, 15) is 4.79 Å². The summed E-state index contributed by atoms with van der Waals surface area (Å²) in [6.45, 7) is 10.3. The van der Waals surface area contributed by atoms with E-state index in [2.05, 4.69) is 17.6 Å². The van der Waals surface area contributed by atoms with Gasteiger partial charge in [0.15, 0.2) is 0 Å². The van der Waals surface area contributed by atoms with Crippen LogP contribution in [0.2, 0.25) is 0 Å². The second kappa shape index (κ2) is 8.59. The van der Waals surface area contributed by atoms with Crippen molar-refractivity contribution in [2.24, 2.45) is 11.8 Å². The van der Waals surface area contributed by atoms with E-state index in [-0.39, 0.29) is 6.09 Å². The quantitative estimate of drug-likeness (QED) is 0.643. The normalized spacial score (nSPS) is 22.7. The van der Waals surface area contributed by atoms with Gasteiger partial charge in [-0.25, -0.2) is 4.79 Å². The van der Waals surface area contributed by atoms with Crippen LogP contribution in [0.3, 0.4) is 0 Å². The summed E-state index contributed by atoms with van der Waals surface area (Å²) in [5, 5.41) is 6.36. The predicted octanol–water partition coefficient (Wildman–Crippen LogP) is 2.55. The molecule has 0 aromatic heterocycles. The van der Waals surface area contributed by atoms with Gasteiger partial charge in [0.25, 0.3) is 0 Å². The third-order valence-corrected chi connectivity index (χ3v) is 3.71. The van der Waals surface area contributed by atoms with Crippen LogP contribution in [-0.2, 0) is 9.47 Å². The van der Waals surface area contributed by atoms with Gasteiger partial charge in [0.1, 0.15) is 5.60 Å². The number of carbonyl (C=O) groups is 1. The Kier molecular flexibility index (Phi) is 7.46. The zero-order valence-corrected chi connectivity index (χ0v) is 14.2. The number of amides is 1. The molecule has 1 aliphatic rings. The van der Waals surface area contributed by atoms with Gasteiger partial charge in [0.05, 0.1) is 6.61 Å². The molecular formula is C16H32N2O3. The molecule has 1 saturated carbocycles. The minimum Gasteiger partial charge on any atom is -0.444 e. The Morgan fingerprint density at radius 1 is 1.38 bits per heavy atom. The van der Waals surface area contributed by atoms with E-state index in [0.29, 0.717) is 19.2 Å². The molecule has 3 unspecified atom stereocenters. The monoisotopic (exact) mass is 300 g/mol. The van der Waals surface area contributed by atoms with Crippen LogP contribution in [0.4, 0.5) is 4.79 Å². The summed E-state index contributed by atoms with van der Waals surface area (Å²) in [7, 11) is 1.73. The van der Waals surface area contributed by atoms with Gasteiger partial charge >= 0.3 is 6.09 Å². The SMILES string of the molecule is COCC(CCCNC(=O)OC(C)(C)C)NCC1CC1C. The molecule has 1 aliphatic carbocycles. The fourth-order valence-corrected chi connectivity index (χ4v) is 2.30. The van der Waals surface area contributed by atoms with Crippen molar-refractivity contribution in [2.75, 3.05) is 26.8 Å². The van der Waals surface area contributed by atoms with Crippen LogP contribution >= 0.6 is 0 Å². The van der Waals surface area contributed by atoms with Crippen molar-refractivity contribution >= 4 is 6.09 Å². The van der Waals surface area contributed by atoms with Crippen LogP contribution in [0.15, 0.2) is 0 Å². The fourth-order valence-electron chi connectivity index (χ4n) is 2.30. The van der Waals surface area contributed by atoms with Crippen LogP contribution in [0.5, 0.6) is 0 Å². The summed E-state index contributed by atoms with van der Waals surface area (Å²) in [6, 6.07) is 0.364. The molecule has 0 radical (unpaired) electrons. The first-order chi connectivity index (χ1) is 9.81. The largest absolute Gasteiger partial charge is 0.444 e. The summed E-state index contributed by atoms with van der Waals surface area (Å²) in [6.07, 6.45) is 2.91. The molecule has 0 aromatic carbocycles. The minimum atomic E-state index is -0.439. The highest BCUT2D eigenvalue weighted by Gasteiger charge is 2.32. The average Bonchev–Trinajstić information content (AvgIpc) is 3.05. The van der Waals surface area contributed by atoms with Gasteiger partial charge in [-0.1, -0.05) is 6.92 Å². The second-order valence-electron chi connectivity index (χ2n) is 7.10. The molecule has 0 bridgehead atoms. The lowest BCUT2D eigenvalue weighted by molar-refractivity contribution is 0.0526. The molecule has 5 nitrogen and oxygen atoms in total. The van der Waals surface area contributed by atoms with Gasteiger partial charge in [0, 0.05) is 19.7 Å². The molecule has 2 N–H and O–H groups in total. The van der Waals surface area contributed by atoms with E-state index in [1.165, 1.54) is 6.42 Å². The molecule has 1 fully saturated rings. The van der Waals surface area contributed by atoms with Gasteiger partial charge < -0.3 is 20.1 Å². The van der Waals surface area contributed by atoms with Gasteiger partial charge in [-0.15, -0.1) is 0 Å². The standard InChI is InChI=1S/C16H32N2O3/c1-12-9-13(12)10-18-14(11-20-5)7-6-8-17-15(19)21-16(2,3)4/h12-14,18H,6-11H2,1-5H3,(H,17,19). The van der Waals surface area contributed by atoms with Crippen molar-refractivity contribution in [3.8, 4) is 0 Å². The van der Waals surface area contributed by atoms with Crippen LogP contribution in [-0.4, -0.2) is 44.5 Å². The average molecular weight is 300 g/mol. The Morgan fingerprint density at radius 3 is 2.57 bits per heavy atom. The molecule has 0 spiro atoms. The summed E-state index contributed by atoms with van der Waals surface area (Å²) in [5.74, 6) is 1.71. The Morgan fingerprint density at radius 2 is 2.05 bits per heavy atom. The lowest BCUT2D eigenvalue weighted by Crippen LogP contribution is -2.36. The Balaban J connectivity index is 2.10. The molecule has 1 amide bonds. The number of hydrogen-bond donors (Lipinski definition) is 2. The molecule has 0 aliphatic heterocycles. The van der Waals surface area contributed by atoms with Crippen LogP contribution in [0.1, 0.15) is 47.0 Å². The molecule has 5 heteroatoms. The molecule has 21 heavy (non-hydrogen) atoms. The predicted molar refractivity (Wildman–Crippen MR) is 84.4 cm³/mol. The van der Waals surface area contributed by atoms with Crippen molar-refractivity contribution in [1.29, 1.82) is 0 Å². The van der Waals surface area contributed by atoms with Gasteiger partial charge in [-0.2, -0.15) is 0 Å². The Labute approximate surface area is 129 Å². The summed E-state index contributed by atoms with van der Waals surface area (Å²) in [4.78, 5) is 11.5. The number of rotatable bonds is 9. The fraction of sp³-hybridized carbons (Fsp3) is 0.938. The molecule has 124 valence electrons. The van der Waals surface area contributed by atoms with Crippen molar-refractivity contribution in [3.63, 3.8) is 0 Å². The number of ether oxygens (including phenoxy) is 2. The number of carbonyl (C=O) groups excluding carboxylic acids is 1. The first kappa shape index (κ1) is 18.2. The van der Waals surface area contributed by atoms with Crippen LogP contribution in [0.25, 0.3) is 0 Å². The molecule has 0 saturated heterocycles. The maximum absolute atomic E-state index is 11.5. The van der Waals surface area contributed by atoms with Gasteiger partial charge in [-0.05, 0) is 58.4 Å². The molecule has 3 atom stereocenters. The number of methoxy groups -OCH3 is 1. The van der Waals surface area contributed by atoms with Crippen molar-refractivity contribution in [2.45, 2.75) is 58.6 Å². The Hall–Kier alpha value is -0.810. The smallest absolute Gasteiger partial charge is 0.407 e. The topological polar surface area (TPSA) is 59.6 Å². The maximum atomic E-state index is 11.5. The zero-order valence-electron chi connectivity index (χ0n) is 14.2. The van der Waals surface area contributed by atoms with E-state index >= 15 is 0 Å². The Bertz CT molecular complexity index is 315. The zero-order chi connectivity index (χ0) is 15.9. The van der Waals surface area contributed by atoms with E-state index in [4.69, 9.17) is 9.47 Å². The molecular weight excluding hydrogens is 268 g/mol. The number of alkyl carbamates (subject to hydrolysis) is 1. The number of hydrogen-bond acceptors (Lipinski definition) is 4. The molecule has 0 heterocycles. The van der Waals surface area contributed by atoms with E-state index in [0.717, 1.165) is 31.2 Å². The second-order valence-corrected chi connectivity index (χ2v) is 7.10. The molecule has 0 aromatic rings. The maximum Gasteiger partial charge on any atom is 0.407 e. The summed E-state index contributed by atoms with van der Waals surface area (Å²) >= 11 is 0.